The van der Waals surface area contributed by atoms with Crippen molar-refractivity contribution in [2.75, 3.05) is 37.7 Å². The molecule has 0 radical (unpaired) electrons. The summed E-state index contributed by atoms with van der Waals surface area (Å²) in [7, 11) is 0. The lowest BCUT2D eigenvalue weighted by molar-refractivity contribution is -0.131. The maximum Gasteiger partial charge on any atom is 0.222 e. The Labute approximate surface area is 113 Å². The fraction of sp³-hybridized carbons (Fsp3) is 0.500. The Morgan fingerprint density at radius 3 is 2.47 bits per heavy atom. The van der Waals surface area contributed by atoms with Crippen LogP contribution in [-0.4, -0.2) is 53.8 Å². The number of phenolic OH excluding ortho intramolecular Hbond substituents is 1. The van der Waals surface area contributed by atoms with Crippen molar-refractivity contribution < 1.29 is 15.0 Å². The van der Waals surface area contributed by atoms with Crippen LogP contribution in [0.15, 0.2) is 24.3 Å². The van der Waals surface area contributed by atoms with Gasteiger partial charge in [-0.1, -0.05) is 12.1 Å². The van der Waals surface area contributed by atoms with E-state index in [0.29, 0.717) is 25.9 Å². The van der Waals surface area contributed by atoms with E-state index in [1.807, 2.05) is 17.0 Å². The van der Waals surface area contributed by atoms with Gasteiger partial charge in [0.2, 0.25) is 5.91 Å². The number of carbonyl (C=O) groups is 1. The third-order valence-electron chi connectivity index (χ3n) is 3.40. The number of phenols is 1. The van der Waals surface area contributed by atoms with Crippen LogP contribution in [0, 0.1) is 0 Å². The molecule has 0 spiro atoms. The lowest BCUT2D eigenvalue weighted by atomic mass is 10.2. The van der Waals surface area contributed by atoms with E-state index in [0.717, 1.165) is 18.8 Å². The zero-order valence-electron chi connectivity index (χ0n) is 11.0. The van der Waals surface area contributed by atoms with E-state index in [9.17, 15) is 9.90 Å². The van der Waals surface area contributed by atoms with Crippen LogP contribution in [0.5, 0.6) is 5.75 Å². The quantitative estimate of drug-likeness (QED) is 0.845. The maximum atomic E-state index is 11.8. The monoisotopic (exact) mass is 264 g/mol. The fourth-order valence-electron chi connectivity index (χ4n) is 2.32. The average molecular weight is 264 g/mol. The van der Waals surface area contributed by atoms with Crippen molar-refractivity contribution in [3.63, 3.8) is 0 Å². The minimum Gasteiger partial charge on any atom is -0.506 e. The number of hydrogen-bond donors (Lipinski definition) is 2. The van der Waals surface area contributed by atoms with Gasteiger partial charge in [0.15, 0.2) is 0 Å². The number of aromatic hydroxyl groups is 1. The fourth-order valence-corrected chi connectivity index (χ4v) is 2.32. The number of benzene rings is 1. The van der Waals surface area contributed by atoms with Crippen molar-refractivity contribution in [1.82, 2.24) is 4.90 Å². The number of piperazine rings is 1. The van der Waals surface area contributed by atoms with Crippen LogP contribution in [0.4, 0.5) is 5.69 Å². The standard InChI is InChI=1S/C14H20N2O3/c17-11-3-6-14(19)16-9-7-15(8-10-16)12-4-1-2-5-13(12)18/h1-2,4-5,17-18H,3,6-11H2. The van der Waals surface area contributed by atoms with Gasteiger partial charge in [-0.05, 0) is 18.6 Å². The smallest absolute Gasteiger partial charge is 0.222 e. The van der Waals surface area contributed by atoms with Gasteiger partial charge >= 0.3 is 0 Å². The number of nitrogens with zero attached hydrogens (tertiary/aromatic N) is 2. The summed E-state index contributed by atoms with van der Waals surface area (Å²) in [5, 5.41) is 18.5. The maximum absolute atomic E-state index is 11.8. The Bertz CT molecular complexity index is 428. The van der Waals surface area contributed by atoms with Gasteiger partial charge in [0, 0.05) is 39.2 Å². The molecule has 2 N–H and O–H groups in total. The van der Waals surface area contributed by atoms with Gasteiger partial charge in [-0.15, -0.1) is 0 Å². The summed E-state index contributed by atoms with van der Waals surface area (Å²) in [6, 6.07) is 7.26. The van der Waals surface area contributed by atoms with E-state index in [-0.39, 0.29) is 18.3 Å². The first-order valence-corrected chi connectivity index (χ1v) is 6.64. The topological polar surface area (TPSA) is 64.0 Å². The summed E-state index contributed by atoms with van der Waals surface area (Å²) in [5.74, 6) is 0.383. The summed E-state index contributed by atoms with van der Waals surface area (Å²) < 4.78 is 0. The van der Waals surface area contributed by atoms with Crippen LogP contribution in [0.3, 0.4) is 0 Å². The predicted molar refractivity (Wildman–Crippen MR) is 73.2 cm³/mol. The van der Waals surface area contributed by atoms with Crippen LogP contribution in [0.25, 0.3) is 0 Å². The van der Waals surface area contributed by atoms with Crippen molar-refractivity contribution in [3.8, 4) is 5.75 Å². The van der Waals surface area contributed by atoms with Gasteiger partial charge in [-0.3, -0.25) is 4.79 Å². The van der Waals surface area contributed by atoms with Crippen LogP contribution in [0.1, 0.15) is 12.8 Å². The SMILES string of the molecule is O=C(CCCO)N1CCN(c2ccccc2O)CC1. The van der Waals surface area contributed by atoms with Gasteiger partial charge in [-0.25, -0.2) is 0 Å². The first-order chi connectivity index (χ1) is 9.22. The van der Waals surface area contributed by atoms with E-state index < -0.39 is 0 Å². The summed E-state index contributed by atoms with van der Waals surface area (Å²) in [6.45, 7) is 2.84. The number of hydrogen-bond acceptors (Lipinski definition) is 4. The van der Waals surface area contributed by atoms with E-state index >= 15 is 0 Å². The molecule has 2 rings (SSSR count). The van der Waals surface area contributed by atoms with E-state index in [1.165, 1.54) is 0 Å². The summed E-state index contributed by atoms with van der Waals surface area (Å²) >= 11 is 0. The Morgan fingerprint density at radius 1 is 1.16 bits per heavy atom. The van der Waals surface area contributed by atoms with Crippen LogP contribution < -0.4 is 4.90 Å². The van der Waals surface area contributed by atoms with E-state index in [2.05, 4.69) is 4.90 Å². The molecular weight excluding hydrogens is 244 g/mol. The molecule has 1 amide bonds. The molecule has 0 atom stereocenters. The lowest BCUT2D eigenvalue weighted by Crippen LogP contribution is -2.48. The van der Waals surface area contributed by atoms with Crippen molar-refractivity contribution in [1.29, 1.82) is 0 Å². The summed E-state index contributed by atoms with van der Waals surface area (Å²) in [4.78, 5) is 15.7. The second kappa shape index (κ2) is 6.43. The molecule has 1 aromatic carbocycles. The number of aliphatic hydroxyl groups excluding tert-OH is 1. The summed E-state index contributed by atoms with van der Waals surface area (Å²) in [6.07, 6.45) is 0.936. The van der Waals surface area contributed by atoms with E-state index in [4.69, 9.17) is 5.11 Å². The second-order valence-corrected chi connectivity index (χ2v) is 4.68. The first kappa shape index (κ1) is 13.7. The molecule has 5 heteroatoms. The molecule has 1 aliphatic rings. The highest BCUT2D eigenvalue weighted by atomic mass is 16.3. The number of para-hydroxylation sites is 2. The molecule has 0 aromatic heterocycles. The molecule has 0 saturated carbocycles. The minimum atomic E-state index is 0.0591. The molecule has 5 nitrogen and oxygen atoms in total. The number of anilines is 1. The molecule has 1 saturated heterocycles. The average Bonchev–Trinajstić information content (AvgIpc) is 2.45. The number of rotatable bonds is 4. The van der Waals surface area contributed by atoms with Crippen molar-refractivity contribution in [2.24, 2.45) is 0 Å². The minimum absolute atomic E-state index is 0.0591. The van der Waals surface area contributed by atoms with Gasteiger partial charge in [-0.2, -0.15) is 0 Å². The highest BCUT2D eigenvalue weighted by Crippen LogP contribution is 2.27. The molecule has 0 aliphatic carbocycles. The van der Waals surface area contributed by atoms with E-state index in [1.54, 1.807) is 12.1 Å². The molecule has 1 heterocycles. The molecule has 1 aromatic rings. The number of carbonyl (C=O) groups excluding carboxylic acids is 1. The highest BCUT2D eigenvalue weighted by Gasteiger charge is 2.21. The molecular formula is C14H20N2O3. The molecule has 104 valence electrons. The van der Waals surface area contributed by atoms with Gasteiger partial charge in [0.05, 0.1) is 5.69 Å². The zero-order chi connectivity index (χ0) is 13.7. The van der Waals surface area contributed by atoms with Crippen molar-refractivity contribution >= 4 is 11.6 Å². The Kier molecular flexibility index (Phi) is 4.63. The molecule has 0 bridgehead atoms. The van der Waals surface area contributed by atoms with Crippen LogP contribution in [-0.2, 0) is 4.79 Å². The van der Waals surface area contributed by atoms with Crippen LogP contribution >= 0.6 is 0 Å². The van der Waals surface area contributed by atoms with Gasteiger partial charge in [0.1, 0.15) is 5.75 Å². The van der Waals surface area contributed by atoms with Crippen molar-refractivity contribution in [3.05, 3.63) is 24.3 Å². The molecule has 0 unspecified atom stereocenters. The third-order valence-corrected chi connectivity index (χ3v) is 3.40. The highest BCUT2D eigenvalue weighted by molar-refractivity contribution is 5.76. The molecule has 1 aliphatic heterocycles. The largest absolute Gasteiger partial charge is 0.506 e. The Balaban J connectivity index is 1.89. The lowest BCUT2D eigenvalue weighted by Gasteiger charge is -2.36. The zero-order valence-corrected chi connectivity index (χ0v) is 11.0. The van der Waals surface area contributed by atoms with Gasteiger partial charge in [0.25, 0.3) is 0 Å². The second-order valence-electron chi connectivity index (χ2n) is 4.68. The van der Waals surface area contributed by atoms with Crippen molar-refractivity contribution in [2.45, 2.75) is 12.8 Å². The van der Waals surface area contributed by atoms with Gasteiger partial charge < -0.3 is 20.0 Å². The Morgan fingerprint density at radius 2 is 1.84 bits per heavy atom. The molecule has 1 fully saturated rings. The normalized spacial score (nSPS) is 15.6. The van der Waals surface area contributed by atoms with Crippen LogP contribution in [0.2, 0.25) is 0 Å². The number of aliphatic hydroxyl groups is 1. The Hall–Kier alpha value is -1.75. The molecule has 19 heavy (non-hydrogen) atoms. The first-order valence-electron chi connectivity index (χ1n) is 6.64. The number of amides is 1. The predicted octanol–water partition coefficient (Wildman–Crippen LogP) is 0.813. The summed E-state index contributed by atoms with van der Waals surface area (Å²) in [5.41, 5.74) is 0.824. The third kappa shape index (κ3) is 3.38.